The fraction of sp³-hybridized carbons (Fsp3) is 0.571. The van der Waals surface area contributed by atoms with Gasteiger partial charge in [0.2, 0.25) is 10.0 Å². The Kier molecular flexibility index (Phi) is 5.02. The SMILES string of the molecule is COc1cncc(S(=O)(=O)NC2(CC(=O)O)CCCCC2)c1. The highest BCUT2D eigenvalue weighted by molar-refractivity contribution is 7.89. The van der Waals surface area contributed by atoms with Gasteiger partial charge in [-0.15, -0.1) is 0 Å². The quantitative estimate of drug-likeness (QED) is 0.820. The highest BCUT2D eigenvalue weighted by Crippen LogP contribution is 2.33. The maximum atomic E-state index is 12.6. The minimum Gasteiger partial charge on any atom is -0.495 e. The third-order valence-corrected chi connectivity index (χ3v) is 5.43. The van der Waals surface area contributed by atoms with Gasteiger partial charge >= 0.3 is 5.97 Å². The van der Waals surface area contributed by atoms with Crippen molar-refractivity contribution in [2.45, 2.75) is 49.0 Å². The maximum Gasteiger partial charge on any atom is 0.305 e. The Morgan fingerprint density at radius 1 is 1.36 bits per heavy atom. The molecule has 22 heavy (non-hydrogen) atoms. The van der Waals surface area contributed by atoms with Gasteiger partial charge in [0.05, 0.1) is 19.7 Å². The fourth-order valence-electron chi connectivity index (χ4n) is 2.83. The molecule has 2 N–H and O–H groups in total. The van der Waals surface area contributed by atoms with Crippen LogP contribution in [0.3, 0.4) is 0 Å². The number of ether oxygens (including phenoxy) is 1. The fourth-order valence-corrected chi connectivity index (χ4v) is 4.27. The Bertz CT molecular complexity index is 638. The van der Waals surface area contributed by atoms with Gasteiger partial charge in [-0.1, -0.05) is 19.3 Å². The lowest BCUT2D eigenvalue weighted by atomic mass is 9.80. The van der Waals surface area contributed by atoms with Crippen LogP contribution in [0.1, 0.15) is 38.5 Å². The molecular formula is C14H20N2O5S. The third-order valence-electron chi connectivity index (χ3n) is 3.89. The normalized spacial score (nSPS) is 17.9. The van der Waals surface area contributed by atoms with Gasteiger partial charge < -0.3 is 9.84 Å². The molecule has 1 fully saturated rings. The molecule has 1 saturated carbocycles. The summed E-state index contributed by atoms with van der Waals surface area (Å²) < 4.78 is 32.7. The Balaban J connectivity index is 2.29. The largest absolute Gasteiger partial charge is 0.495 e. The number of methoxy groups -OCH3 is 1. The van der Waals surface area contributed by atoms with Crippen molar-refractivity contribution in [2.75, 3.05) is 7.11 Å². The molecule has 0 aliphatic heterocycles. The highest BCUT2D eigenvalue weighted by atomic mass is 32.2. The molecule has 8 heteroatoms. The summed E-state index contributed by atoms with van der Waals surface area (Å²) in [6.45, 7) is 0. The summed E-state index contributed by atoms with van der Waals surface area (Å²) in [6, 6.07) is 1.37. The van der Waals surface area contributed by atoms with E-state index in [1.807, 2.05) is 0 Å². The molecule has 0 amide bonds. The number of carbonyl (C=O) groups is 1. The van der Waals surface area contributed by atoms with Gasteiger partial charge in [-0.3, -0.25) is 9.78 Å². The van der Waals surface area contributed by atoms with E-state index in [-0.39, 0.29) is 11.3 Å². The minimum atomic E-state index is -3.85. The Morgan fingerprint density at radius 3 is 2.64 bits per heavy atom. The van der Waals surface area contributed by atoms with Crippen LogP contribution in [0.15, 0.2) is 23.4 Å². The topological polar surface area (TPSA) is 106 Å². The summed E-state index contributed by atoms with van der Waals surface area (Å²) in [5.74, 6) is -0.674. The molecule has 1 aromatic heterocycles. The van der Waals surface area contributed by atoms with Gasteiger partial charge in [0, 0.05) is 17.8 Å². The van der Waals surface area contributed by atoms with Crippen molar-refractivity contribution in [3.63, 3.8) is 0 Å². The summed E-state index contributed by atoms with van der Waals surface area (Å²) in [7, 11) is -2.43. The molecule has 1 aromatic rings. The molecule has 2 rings (SSSR count). The van der Waals surface area contributed by atoms with Crippen molar-refractivity contribution >= 4 is 16.0 Å². The first kappa shape index (κ1) is 16.7. The van der Waals surface area contributed by atoms with Crippen molar-refractivity contribution in [2.24, 2.45) is 0 Å². The Labute approximate surface area is 129 Å². The van der Waals surface area contributed by atoms with E-state index in [9.17, 15) is 13.2 Å². The molecule has 1 aliphatic rings. The molecule has 122 valence electrons. The number of aromatic nitrogens is 1. The second-order valence-electron chi connectivity index (χ2n) is 5.58. The second-order valence-corrected chi connectivity index (χ2v) is 7.26. The van der Waals surface area contributed by atoms with Gasteiger partial charge in [0.25, 0.3) is 0 Å². The number of carboxylic acid groups (broad SMARTS) is 1. The van der Waals surface area contributed by atoms with Crippen LogP contribution in [-0.4, -0.2) is 37.1 Å². The molecule has 0 radical (unpaired) electrons. The van der Waals surface area contributed by atoms with Crippen LogP contribution in [0.5, 0.6) is 5.75 Å². The van der Waals surface area contributed by atoms with Crippen molar-refractivity contribution in [1.29, 1.82) is 0 Å². The van der Waals surface area contributed by atoms with Crippen LogP contribution in [0.2, 0.25) is 0 Å². The van der Waals surface area contributed by atoms with Crippen LogP contribution < -0.4 is 9.46 Å². The van der Waals surface area contributed by atoms with E-state index in [4.69, 9.17) is 9.84 Å². The van der Waals surface area contributed by atoms with E-state index >= 15 is 0 Å². The number of rotatable bonds is 6. The predicted octanol–water partition coefficient (Wildman–Crippen LogP) is 1.55. The van der Waals surface area contributed by atoms with E-state index in [0.29, 0.717) is 18.6 Å². The predicted molar refractivity (Wildman–Crippen MR) is 79.2 cm³/mol. The molecule has 0 atom stereocenters. The Morgan fingerprint density at radius 2 is 2.05 bits per heavy atom. The number of nitrogens with zero attached hydrogens (tertiary/aromatic N) is 1. The first-order valence-corrected chi connectivity index (χ1v) is 8.60. The summed E-state index contributed by atoms with van der Waals surface area (Å²) in [6.07, 6.45) is 6.08. The maximum absolute atomic E-state index is 12.6. The summed E-state index contributed by atoms with van der Waals surface area (Å²) in [5.41, 5.74) is -0.925. The first-order chi connectivity index (χ1) is 10.4. The van der Waals surface area contributed by atoms with Gasteiger partial charge in [0.15, 0.2) is 0 Å². The number of pyridine rings is 1. The van der Waals surface area contributed by atoms with Gasteiger partial charge in [-0.25, -0.2) is 13.1 Å². The number of aliphatic carboxylic acids is 1. The molecular weight excluding hydrogens is 308 g/mol. The highest BCUT2D eigenvalue weighted by Gasteiger charge is 2.38. The molecule has 0 aromatic carbocycles. The second kappa shape index (κ2) is 6.62. The zero-order valence-electron chi connectivity index (χ0n) is 12.4. The number of hydrogen-bond donors (Lipinski definition) is 2. The third kappa shape index (κ3) is 3.95. The molecule has 1 heterocycles. The lowest BCUT2D eigenvalue weighted by Crippen LogP contribution is -2.50. The standard InChI is InChI=1S/C14H20N2O5S/c1-21-11-7-12(10-15-9-11)22(19,20)16-14(8-13(17)18)5-3-2-4-6-14/h7,9-10,16H,2-6,8H2,1H3,(H,17,18). The smallest absolute Gasteiger partial charge is 0.305 e. The number of sulfonamides is 1. The molecule has 0 spiro atoms. The summed E-state index contributed by atoms with van der Waals surface area (Å²) >= 11 is 0. The molecule has 7 nitrogen and oxygen atoms in total. The van der Waals surface area contributed by atoms with Crippen molar-refractivity contribution < 1.29 is 23.1 Å². The first-order valence-electron chi connectivity index (χ1n) is 7.12. The molecule has 0 unspecified atom stereocenters. The molecule has 0 saturated heterocycles. The number of carboxylic acids is 1. The summed E-state index contributed by atoms with van der Waals surface area (Å²) in [5, 5.41) is 9.11. The zero-order valence-corrected chi connectivity index (χ0v) is 13.2. The van der Waals surface area contributed by atoms with E-state index in [1.165, 1.54) is 25.6 Å². The zero-order chi connectivity index (χ0) is 16.2. The van der Waals surface area contributed by atoms with Crippen LogP contribution in [0, 0.1) is 0 Å². The van der Waals surface area contributed by atoms with E-state index in [1.54, 1.807) is 0 Å². The van der Waals surface area contributed by atoms with Crippen molar-refractivity contribution in [1.82, 2.24) is 9.71 Å². The lowest BCUT2D eigenvalue weighted by Gasteiger charge is -2.36. The van der Waals surface area contributed by atoms with Crippen LogP contribution in [0.25, 0.3) is 0 Å². The van der Waals surface area contributed by atoms with Crippen molar-refractivity contribution in [3.05, 3.63) is 18.5 Å². The Hall–Kier alpha value is -1.67. The average Bonchev–Trinajstić information content (AvgIpc) is 2.46. The minimum absolute atomic E-state index is 0.0258. The molecule has 1 aliphatic carbocycles. The number of nitrogens with one attached hydrogen (secondary N) is 1. The molecule has 0 bridgehead atoms. The van der Waals surface area contributed by atoms with Crippen LogP contribution in [-0.2, 0) is 14.8 Å². The lowest BCUT2D eigenvalue weighted by molar-refractivity contribution is -0.138. The van der Waals surface area contributed by atoms with E-state index < -0.39 is 21.5 Å². The monoisotopic (exact) mass is 328 g/mol. The summed E-state index contributed by atoms with van der Waals surface area (Å²) in [4.78, 5) is 14.9. The van der Waals surface area contributed by atoms with E-state index in [0.717, 1.165) is 19.3 Å². The average molecular weight is 328 g/mol. The van der Waals surface area contributed by atoms with Crippen molar-refractivity contribution in [3.8, 4) is 5.75 Å². The number of hydrogen-bond acceptors (Lipinski definition) is 5. The van der Waals surface area contributed by atoms with Gasteiger partial charge in [0.1, 0.15) is 10.6 Å². The van der Waals surface area contributed by atoms with Crippen LogP contribution >= 0.6 is 0 Å². The van der Waals surface area contributed by atoms with E-state index in [2.05, 4.69) is 9.71 Å². The van der Waals surface area contributed by atoms with Gasteiger partial charge in [-0.2, -0.15) is 0 Å². The van der Waals surface area contributed by atoms with Crippen LogP contribution in [0.4, 0.5) is 0 Å². The van der Waals surface area contributed by atoms with Gasteiger partial charge in [-0.05, 0) is 12.8 Å².